The number of alkyl halides is 1. The monoisotopic (exact) mass is 590 g/mol. The number of hydrogen-bond donors (Lipinski definition) is 2. The summed E-state index contributed by atoms with van der Waals surface area (Å²) in [5.74, 6) is 2.65. The maximum Gasteiger partial charge on any atom is 0.319 e. The van der Waals surface area contributed by atoms with Gasteiger partial charge in [0.05, 0.1) is 22.1 Å². The minimum atomic E-state index is -0.876. The lowest BCUT2D eigenvalue weighted by atomic mass is 9.95. The second kappa shape index (κ2) is 10.0. The van der Waals surface area contributed by atoms with E-state index >= 15 is 0 Å². The first kappa shape index (κ1) is 27.3. The Bertz CT molecular complexity index is 1750. The molecule has 3 atom stereocenters. The second-order valence-electron chi connectivity index (χ2n) is 12.2. The van der Waals surface area contributed by atoms with Crippen molar-refractivity contribution in [2.75, 3.05) is 37.7 Å². The van der Waals surface area contributed by atoms with Gasteiger partial charge in [-0.15, -0.1) is 17.8 Å². The summed E-state index contributed by atoms with van der Waals surface area (Å²) >= 11 is 1.37. The zero-order chi connectivity index (χ0) is 29.2. The highest BCUT2D eigenvalue weighted by Gasteiger charge is 2.49. The van der Waals surface area contributed by atoms with Crippen molar-refractivity contribution < 1.29 is 23.7 Å². The Labute approximate surface area is 246 Å². The van der Waals surface area contributed by atoms with Crippen molar-refractivity contribution in [3.05, 3.63) is 41.7 Å². The zero-order valence-corrected chi connectivity index (χ0v) is 24.2. The fraction of sp³-hybridized carbons (Fsp3) is 0.438. The molecule has 2 aromatic carbocycles. The van der Waals surface area contributed by atoms with Crippen molar-refractivity contribution in [2.45, 2.75) is 56.3 Å². The Morgan fingerprint density at radius 3 is 2.83 bits per heavy atom. The Morgan fingerprint density at radius 1 is 1.19 bits per heavy atom. The van der Waals surface area contributed by atoms with Crippen molar-refractivity contribution in [1.82, 2.24) is 14.9 Å². The topological polar surface area (TPSA) is 82.0 Å². The smallest absolute Gasteiger partial charge is 0.319 e. The number of aliphatic hydroxyl groups is 1. The quantitative estimate of drug-likeness (QED) is 0.291. The summed E-state index contributed by atoms with van der Waals surface area (Å²) in [7, 11) is 0. The molecule has 0 saturated carbocycles. The standard InChI is InChI=1S/C32H32F2N4O3S/c1-3-22-25(34)7-6-19-12-21(39)13-23(27(19)22)26-14-24-28(37-10-4-8-31(2,40)17-37)35-30(36-29(24)42-26)41-18-32-9-5-11-38(32)16-20(33)15-32/h1,6-7,12-14,20,39-40H,4-5,8-11,15-18H2,2H3/t20-,31-,32+/m1/s1. The Morgan fingerprint density at radius 2 is 2.02 bits per heavy atom. The van der Waals surface area contributed by atoms with Gasteiger partial charge in [-0.05, 0) is 68.8 Å². The van der Waals surface area contributed by atoms with Gasteiger partial charge in [-0.1, -0.05) is 12.0 Å². The lowest BCUT2D eigenvalue weighted by Crippen LogP contribution is -2.46. The Kier molecular flexibility index (Phi) is 6.53. The zero-order valence-electron chi connectivity index (χ0n) is 23.4. The molecule has 218 valence electrons. The van der Waals surface area contributed by atoms with Gasteiger partial charge in [-0.25, -0.2) is 8.78 Å². The molecule has 3 aliphatic heterocycles. The van der Waals surface area contributed by atoms with Crippen LogP contribution in [-0.4, -0.2) is 75.2 Å². The number of halogens is 2. The van der Waals surface area contributed by atoms with Crippen LogP contribution in [0, 0.1) is 18.2 Å². The minimum absolute atomic E-state index is 0.0371. The van der Waals surface area contributed by atoms with Crippen LogP contribution >= 0.6 is 11.3 Å². The second-order valence-corrected chi connectivity index (χ2v) is 13.2. The third-order valence-corrected chi connectivity index (χ3v) is 10.1. The van der Waals surface area contributed by atoms with Gasteiger partial charge in [0, 0.05) is 41.9 Å². The van der Waals surface area contributed by atoms with E-state index in [1.165, 1.54) is 17.4 Å². The number of hydrogen-bond acceptors (Lipinski definition) is 8. The predicted molar refractivity (Wildman–Crippen MR) is 161 cm³/mol. The lowest BCUT2D eigenvalue weighted by Gasteiger charge is -2.37. The molecule has 7 rings (SSSR count). The first-order valence-electron chi connectivity index (χ1n) is 14.4. The lowest BCUT2D eigenvalue weighted by molar-refractivity contribution is 0.0447. The molecule has 3 aliphatic rings. The molecule has 42 heavy (non-hydrogen) atoms. The van der Waals surface area contributed by atoms with Crippen molar-refractivity contribution in [3.8, 4) is 34.5 Å². The molecule has 5 heterocycles. The van der Waals surface area contributed by atoms with Gasteiger partial charge in [0.1, 0.15) is 35.0 Å². The molecule has 0 bridgehead atoms. The van der Waals surface area contributed by atoms with Gasteiger partial charge in [-0.2, -0.15) is 9.97 Å². The molecule has 0 spiro atoms. The number of β-amino-alcohol motifs (C(OH)–C–C–N with tert-alkyl or cyclic N) is 1. The maximum atomic E-state index is 14.8. The summed E-state index contributed by atoms with van der Waals surface area (Å²) in [6, 6.07) is 8.20. The number of rotatable bonds is 5. The fourth-order valence-electron chi connectivity index (χ4n) is 7.13. The van der Waals surface area contributed by atoms with E-state index in [2.05, 4.69) is 15.7 Å². The largest absolute Gasteiger partial charge is 0.508 e. The number of anilines is 1. The van der Waals surface area contributed by atoms with E-state index < -0.39 is 17.6 Å². The highest BCUT2D eigenvalue weighted by molar-refractivity contribution is 7.22. The third-order valence-electron chi connectivity index (χ3n) is 9.02. The number of terminal acetylenes is 1. The van der Waals surface area contributed by atoms with E-state index in [-0.39, 0.29) is 22.9 Å². The van der Waals surface area contributed by atoms with Crippen LogP contribution in [0.4, 0.5) is 14.6 Å². The summed E-state index contributed by atoms with van der Waals surface area (Å²) in [6.45, 7) is 4.52. The van der Waals surface area contributed by atoms with Gasteiger partial charge < -0.3 is 19.8 Å². The van der Waals surface area contributed by atoms with Gasteiger partial charge in [0.15, 0.2) is 0 Å². The normalized spacial score (nSPS) is 26.2. The summed E-state index contributed by atoms with van der Waals surface area (Å²) < 4.78 is 35.4. The van der Waals surface area contributed by atoms with Crippen LogP contribution in [-0.2, 0) is 0 Å². The molecule has 10 heteroatoms. The van der Waals surface area contributed by atoms with Crippen LogP contribution in [0.2, 0.25) is 0 Å². The van der Waals surface area contributed by atoms with Crippen molar-refractivity contribution >= 4 is 38.1 Å². The van der Waals surface area contributed by atoms with Crippen LogP contribution in [0.3, 0.4) is 0 Å². The van der Waals surface area contributed by atoms with Crippen molar-refractivity contribution in [3.63, 3.8) is 0 Å². The first-order chi connectivity index (χ1) is 20.1. The highest BCUT2D eigenvalue weighted by atomic mass is 32.1. The van der Waals surface area contributed by atoms with E-state index in [9.17, 15) is 19.0 Å². The van der Waals surface area contributed by atoms with E-state index in [1.54, 1.807) is 18.2 Å². The molecule has 2 N–H and O–H groups in total. The Hall–Kier alpha value is -3.52. The predicted octanol–water partition coefficient (Wildman–Crippen LogP) is 5.64. The Balaban J connectivity index is 1.35. The summed E-state index contributed by atoms with van der Waals surface area (Å²) in [5.41, 5.74) is -0.492. The number of piperidine rings is 1. The number of aromatic hydroxyl groups is 1. The van der Waals surface area contributed by atoms with Gasteiger partial charge in [0.2, 0.25) is 0 Å². The van der Waals surface area contributed by atoms with E-state index in [0.29, 0.717) is 66.1 Å². The van der Waals surface area contributed by atoms with Crippen LogP contribution < -0.4 is 9.64 Å². The summed E-state index contributed by atoms with van der Waals surface area (Å²) in [6.07, 6.45) is 8.68. The maximum absolute atomic E-state index is 14.8. The molecular formula is C32H32F2N4O3S. The molecular weight excluding hydrogens is 558 g/mol. The summed E-state index contributed by atoms with van der Waals surface area (Å²) in [5, 5.41) is 23.4. The molecule has 0 amide bonds. The molecule has 0 aliphatic carbocycles. The molecule has 0 unspecified atom stereocenters. The van der Waals surface area contributed by atoms with Crippen LogP contribution in [0.25, 0.3) is 31.4 Å². The molecule has 2 aromatic heterocycles. The van der Waals surface area contributed by atoms with E-state index in [0.717, 1.165) is 36.1 Å². The van der Waals surface area contributed by atoms with E-state index in [4.69, 9.17) is 21.1 Å². The van der Waals surface area contributed by atoms with Crippen LogP contribution in [0.1, 0.15) is 44.6 Å². The number of nitrogens with zero attached hydrogens (tertiary/aromatic N) is 4. The number of thiophene rings is 1. The van der Waals surface area contributed by atoms with Gasteiger partial charge >= 0.3 is 6.01 Å². The molecule has 3 saturated heterocycles. The van der Waals surface area contributed by atoms with Crippen molar-refractivity contribution in [1.29, 1.82) is 0 Å². The van der Waals surface area contributed by atoms with Crippen molar-refractivity contribution in [2.24, 2.45) is 0 Å². The minimum Gasteiger partial charge on any atom is -0.508 e. The number of aromatic nitrogens is 2. The number of fused-ring (bicyclic) bond motifs is 3. The number of benzene rings is 2. The molecule has 0 radical (unpaired) electrons. The van der Waals surface area contributed by atoms with Gasteiger partial charge in [-0.3, -0.25) is 4.90 Å². The third kappa shape index (κ3) is 4.64. The SMILES string of the molecule is C#Cc1c(F)ccc2cc(O)cc(-c3cc4c(N5CCC[C@@](C)(O)C5)nc(OC[C@@]56CCCN5C[C@H](F)C6)nc4s3)c12. The summed E-state index contributed by atoms with van der Waals surface area (Å²) in [4.78, 5) is 15.3. The number of ether oxygens (including phenoxy) is 1. The fourth-order valence-corrected chi connectivity index (χ4v) is 8.17. The molecule has 4 aromatic rings. The number of phenols is 1. The van der Waals surface area contributed by atoms with Crippen LogP contribution in [0.5, 0.6) is 11.8 Å². The van der Waals surface area contributed by atoms with Crippen LogP contribution in [0.15, 0.2) is 30.3 Å². The van der Waals surface area contributed by atoms with Gasteiger partial charge in [0.25, 0.3) is 0 Å². The first-order valence-corrected chi connectivity index (χ1v) is 15.2. The average Bonchev–Trinajstić information content (AvgIpc) is 3.62. The van der Waals surface area contributed by atoms with E-state index in [1.807, 2.05) is 13.0 Å². The average molecular weight is 591 g/mol. The molecule has 7 nitrogen and oxygen atoms in total. The molecule has 3 fully saturated rings. The number of phenolic OH excluding ortho intramolecular Hbond substituents is 1. The highest BCUT2D eigenvalue weighted by Crippen LogP contribution is 2.44.